The Morgan fingerprint density at radius 3 is 2.11 bits per heavy atom. The van der Waals surface area contributed by atoms with Gasteiger partial charge >= 0.3 is 11.3 Å². The average Bonchev–Trinajstić information content (AvgIpc) is 3.28. The van der Waals surface area contributed by atoms with E-state index in [4.69, 9.17) is 16.2 Å². The molecule has 0 saturated carbocycles. The SMILES string of the molecule is C[SH](C)C(=O)OCc1ccc(NC(=O)[C@H](CCCNC(N)=O)NC(=O)[C@H](CC(N)=O)NC(=O)CCN2C(=O)C=CC2=O)cc1. The molecule has 8 N–H and O–H groups in total. The molecule has 1 aromatic rings. The van der Waals surface area contributed by atoms with Crippen molar-refractivity contribution in [3.63, 3.8) is 0 Å². The van der Waals surface area contributed by atoms with E-state index in [2.05, 4.69) is 21.3 Å². The Kier molecular flexibility index (Phi) is 13.8. The van der Waals surface area contributed by atoms with Crippen LogP contribution in [0, 0.1) is 0 Å². The maximum atomic E-state index is 13.2. The Labute approximate surface area is 256 Å². The number of ether oxygens (including phenoxy) is 1. The van der Waals surface area contributed by atoms with Gasteiger partial charge in [-0.1, -0.05) is 12.1 Å². The number of imide groups is 1. The number of urea groups is 1. The maximum Gasteiger partial charge on any atom is 0.346 e. The fourth-order valence-corrected chi connectivity index (χ4v) is 4.11. The van der Waals surface area contributed by atoms with Crippen LogP contribution in [0.15, 0.2) is 36.4 Å². The second kappa shape index (κ2) is 17.3. The van der Waals surface area contributed by atoms with Crippen LogP contribution in [-0.2, 0) is 40.1 Å². The molecule has 44 heavy (non-hydrogen) atoms. The quantitative estimate of drug-likeness (QED) is 0.0515. The molecule has 1 aromatic carbocycles. The zero-order chi connectivity index (χ0) is 32.8. The van der Waals surface area contributed by atoms with E-state index in [-0.39, 0.29) is 44.3 Å². The van der Waals surface area contributed by atoms with Gasteiger partial charge in [0, 0.05) is 37.3 Å². The number of anilines is 1. The van der Waals surface area contributed by atoms with E-state index in [0.29, 0.717) is 11.3 Å². The smallest absolute Gasteiger partial charge is 0.346 e. The van der Waals surface area contributed by atoms with E-state index in [1.165, 1.54) is 0 Å². The van der Waals surface area contributed by atoms with Gasteiger partial charge in [0.15, 0.2) is 0 Å². The zero-order valence-corrected chi connectivity index (χ0v) is 25.2. The summed E-state index contributed by atoms with van der Waals surface area (Å²) in [5.41, 5.74) is 11.4. The first-order valence-corrected chi connectivity index (χ1v) is 15.7. The van der Waals surface area contributed by atoms with Gasteiger partial charge in [0.25, 0.3) is 11.8 Å². The highest BCUT2D eigenvalue weighted by molar-refractivity contribution is 8.28. The summed E-state index contributed by atoms with van der Waals surface area (Å²) < 4.78 is 5.21. The van der Waals surface area contributed by atoms with E-state index in [0.717, 1.165) is 17.1 Å². The van der Waals surface area contributed by atoms with Crippen molar-refractivity contribution in [2.45, 2.75) is 44.4 Å². The summed E-state index contributed by atoms with van der Waals surface area (Å²) in [4.78, 5) is 97.5. The first-order chi connectivity index (χ1) is 20.8. The summed E-state index contributed by atoms with van der Waals surface area (Å²) in [6.07, 6.45) is 4.99. The highest BCUT2D eigenvalue weighted by Crippen LogP contribution is 2.19. The van der Waals surface area contributed by atoms with Crippen LogP contribution in [0.4, 0.5) is 15.3 Å². The molecule has 0 aromatic heterocycles. The molecule has 16 nitrogen and oxygen atoms in total. The van der Waals surface area contributed by atoms with Crippen molar-refractivity contribution in [2.24, 2.45) is 11.5 Å². The summed E-state index contributed by atoms with van der Waals surface area (Å²) in [5, 5.41) is 9.60. The molecule has 2 atom stereocenters. The number of nitrogens with one attached hydrogen (secondary N) is 4. The third-order valence-corrected chi connectivity index (χ3v) is 6.93. The fourth-order valence-electron chi connectivity index (χ4n) is 3.79. The lowest BCUT2D eigenvalue weighted by Crippen LogP contribution is -2.54. The number of hydrogen-bond donors (Lipinski definition) is 7. The van der Waals surface area contributed by atoms with E-state index in [9.17, 15) is 38.4 Å². The van der Waals surface area contributed by atoms with Crippen LogP contribution in [0.5, 0.6) is 0 Å². The van der Waals surface area contributed by atoms with Gasteiger partial charge in [0.1, 0.15) is 18.7 Å². The second-order valence-corrected chi connectivity index (χ2v) is 12.0. The molecular weight excluding hydrogens is 598 g/mol. The highest BCUT2D eigenvalue weighted by atomic mass is 32.2. The third kappa shape index (κ3) is 12.1. The molecule has 8 amide bonds. The number of carbonyl (C=O) groups is 8. The average molecular weight is 636 g/mol. The lowest BCUT2D eigenvalue weighted by atomic mass is 10.1. The van der Waals surface area contributed by atoms with Crippen molar-refractivity contribution in [2.75, 3.05) is 30.9 Å². The van der Waals surface area contributed by atoms with Gasteiger partial charge < -0.3 is 37.5 Å². The molecule has 0 unspecified atom stereocenters. The first-order valence-electron chi connectivity index (χ1n) is 13.5. The lowest BCUT2D eigenvalue weighted by molar-refractivity contribution is -0.137. The molecule has 0 aliphatic carbocycles. The van der Waals surface area contributed by atoms with Gasteiger partial charge in [-0.25, -0.2) is 9.59 Å². The Morgan fingerprint density at radius 1 is 0.909 bits per heavy atom. The molecule has 0 saturated heterocycles. The topological polar surface area (TPSA) is 249 Å². The van der Waals surface area contributed by atoms with Crippen LogP contribution in [0.3, 0.4) is 0 Å². The summed E-state index contributed by atoms with van der Waals surface area (Å²) in [6, 6.07) is 3.05. The number of amides is 8. The maximum absolute atomic E-state index is 13.2. The number of nitrogens with zero attached hydrogens (tertiary/aromatic N) is 1. The van der Waals surface area contributed by atoms with Crippen LogP contribution in [0.2, 0.25) is 0 Å². The van der Waals surface area contributed by atoms with Crippen LogP contribution < -0.4 is 32.7 Å². The van der Waals surface area contributed by atoms with E-state index in [1.807, 2.05) is 0 Å². The van der Waals surface area contributed by atoms with Gasteiger partial charge in [-0.3, -0.25) is 33.7 Å². The highest BCUT2D eigenvalue weighted by Gasteiger charge is 2.29. The van der Waals surface area contributed by atoms with Crippen molar-refractivity contribution in [1.29, 1.82) is 0 Å². The Balaban J connectivity index is 2.07. The van der Waals surface area contributed by atoms with E-state index >= 15 is 0 Å². The van der Waals surface area contributed by atoms with Gasteiger partial charge in [-0.2, -0.15) is 10.9 Å². The monoisotopic (exact) mass is 635 g/mol. The van der Waals surface area contributed by atoms with Crippen LogP contribution in [0.25, 0.3) is 0 Å². The predicted molar refractivity (Wildman–Crippen MR) is 161 cm³/mol. The molecular formula is C27H37N7O9S. The third-order valence-electron chi connectivity index (χ3n) is 6.07. The van der Waals surface area contributed by atoms with E-state index < -0.39 is 70.9 Å². The molecule has 240 valence electrons. The predicted octanol–water partition coefficient (Wildman–Crippen LogP) is -0.869. The molecule has 0 spiro atoms. The molecule has 17 heteroatoms. The molecule has 1 aliphatic rings. The largest absolute Gasteiger partial charge is 0.454 e. The number of hydrogen-bond acceptors (Lipinski definition) is 9. The number of benzene rings is 1. The standard InChI is InChI=1S/C27H37N7O9S/c1-44(2)27(42)43-15-16-5-7-17(8-6-16)31-24(39)18(4-3-12-30-26(29)41)33-25(40)19(14-20(28)35)32-21(36)11-13-34-22(37)9-10-23(34)38/h5-10,18-19,44H,3-4,11-15H2,1-2H3,(H2,28,35)(H,31,39)(H,32,36)(H,33,40)(H3,29,30,41)/t18-,19-/m0/s1. The Morgan fingerprint density at radius 2 is 1.55 bits per heavy atom. The minimum Gasteiger partial charge on any atom is -0.454 e. The minimum atomic E-state index is -1.46. The number of thiol groups is 1. The Bertz CT molecular complexity index is 1280. The minimum absolute atomic E-state index is 0.0341. The van der Waals surface area contributed by atoms with Crippen molar-refractivity contribution in [1.82, 2.24) is 20.9 Å². The molecule has 2 rings (SSSR count). The molecule has 0 radical (unpaired) electrons. The van der Waals surface area contributed by atoms with E-state index in [1.54, 1.807) is 36.8 Å². The number of nitrogens with two attached hydrogens (primary N) is 2. The van der Waals surface area contributed by atoms with Crippen LogP contribution >= 0.6 is 10.9 Å². The van der Waals surface area contributed by atoms with Gasteiger partial charge in [-0.15, -0.1) is 0 Å². The Hall–Kier alpha value is -4.93. The summed E-state index contributed by atoms with van der Waals surface area (Å²) in [6.45, 7) is -0.0863. The van der Waals surface area contributed by atoms with Crippen molar-refractivity contribution >= 4 is 63.4 Å². The molecule has 1 aliphatic heterocycles. The van der Waals surface area contributed by atoms with Crippen molar-refractivity contribution in [3.05, 3.63) is 42.0 Å². The zero-order valence-electron chi connectivity index (χ0n) is 24.3. The second-order valence-electron chi connectivity index (χ2n) is 9.83. The summed E-state index contributed by atoms with van der Waals surface area (Å²) in [7, 11) is -0.884. The summed E-state index contributed by atoms with van der Waals surface area (Å²) in [5.74, 6) is -4.35. The normalized spacial score (nSPS) is 13.9. The molecule has 0 fully saturated rings. The fraction of sp³-hybridized carbons (Fsp3) is 0.407. The van der Waals surface area contributed by atoms with Gasteiger partial charge in [0.2, 0.25) is 23.6 Å². The van der Waals surface area contributed by atoms with Crippen LogP contribution in [0.1, 0.15) is 31.2 Å². The summed E-state index contributed by atoms with van der Waals surface area (Å²) >= 11 is 0. The number of rotatable bonds is 16. The molecule has 0 bridgehead atoms. The van der Waals surface area contributed by atoms with Crippen LogP contribution in [-0.4, -0.2) is 89.4 Å². The first kappa shape index (κ1) is 35.3. The van der Waals surface area contributed by atoms with Crippen molar-refractivity contribution in [3.8, 4) is 0 Å². The lowest BCUT2D eigenvalue weighted by Gasteiger charge is -2.23. The van der Waals surface area contributed by atoms with Gasteiger partial charge in [-0.05, 0) is 43.0 Å². The molecule has 1 heterocycles. The number of primary amides is 2. The number of carbonyl (C=O) groups excluding carboxylic acids is 8. The van der Waals surface area contributed by atoms with Crippen molar-refractivity contribution < 1.29 is 43.1 Å². The van der Waals surface area contributed by atoms with Gasteiger partial charge in [0.05, 0.1) is 6.42 Å².